The SMILES string of the molecule is CC(C)=CC(=O)NCC1CNC1. The maximum Gasteiger partial charge on any atom is 0.243 e. The van der Waals surface area contributed by atoms with Gasteiger partial charge in [0.1, 0.15) is 0 Å². The summed E-state index contributed by atoms with van der Waals surface area (Å²) in [5.41, 5.74) is 1.04. The van der Waals surface area contributed by atoms with Crippen LogP contribution in [0.4, 0.5) is 0 Å². The predicted molar refractivity (Wildman–Crippen MR) is 48.8 cm³/mol. The van der Waals surface area contributed by atoms with Gasteiger partial charge in [-0.05, 0) is 13.8 Å². The third kappa shape index (κ3) is 3.05. The molecular weight excluding hydrogens is 152 g/mol. The molecule has 1 heterocycles. The van der Waals surface area contributed by atoms with Crippen molar-refractivity contribution in [3.8, 4) is 0 Å². The van der Waals surface area contributed by atoms with Crippen LogP contribution in [0.3, 0.4) is 0 Å². The molecule has 0 aromatic heterocycles. The topological polar surface area (TPSA) is 41.1 Å². The van der Waals surface area contributed by atoms with E-state index in [2.05, 4.69) is 10.6 Å². The summed E-state index contributed by atoms with van der Waals surface area (Å²) in [7, 11) is 0. The highest BCUT2D eigenvalue weighted by molar-refractivity contribution is 5.87. The molecule has 1 rings (SSSR count). The van der Waals surface area contributed by atoms with Crippen molar-refractivity contribution in [2.24, 2.45) is 5.92 Å². The molecule has 0 aromatic carbocycles. The summed E-state index contributed by atoms with van der Waals surface area (Å²) in [6.07, 6.45) is 1.63. The van der Waals surface area contributed by atoms with E-state index >= 15 is 0 Å². The zero-order valence-corrected chi connectivity index (χ0v) is 7.68. The normalized spacial score (nSPS) is 16.5. The van der Waals surface area contributed by atoms with Crippen LogP contribution in [0.5, 0.6) is 0 Å². The Kier molecular flexibility index (Phi) is 3.29. The van der Waals surface area contributed by atoms with Gasteiger partial charge in [-0.3, -0.25) is 4.79 Å². The van der Waals surface area contributed by atoms with Crippen LogP contribution < -0.4 is 10.6 Å². The second-order valence-corrected chi connectivity index (χ2v) is 3.49. The molecule has 0 saturated carbocycles. The number of nitrogens with one attached hydrogen (secondary N) is 2. The largest absolute Gasteiger partial charge is 0.352 e. The average molecular weight is 168 g/mol. The number of carbonyl (C=O) groups is 1. The first kappa shape index (κ1) is 9.26. The summed E-state index contributed by atoms with van der Waals surface area (Å²) >= 11 is 0. The van der Waals surface area contributed by atoms with Crippen molar-refractivity contribution in [3.63, 3.8) is 0 Å². The zero-order chi connectivity index (χ0) is 8.97. The first-order valence-electron chi connectivity index (χ1n) is 4.32. The molecule has 0 bridgehead atoms. The highest BCUT2D eigenvalue weighted by Crippen LogP contribution is 1.99. The molecule has 0 unspecified atom stereocenters. The van der Waals surface area contributed by atoms with Crippen molar-refractivity contribution >= 4 is 5.91 Å². The Morgan fingerprint density at radius 2 is 2.25 bits per heavy atom. The van der Waals surface area contributed by atoms with E-state index in [4.69, 9.17) is 0 Å². The van der Waals surface area contributed by atoms with Gasteiger partial charge in [-0.1, -0.05) is 5.57 Å². The monoisotopic (exact) mass is 168 g/mol. The second-order valence-electron chi connectivity index (χ2n) is 3.49. The molecule has 1 aliphatic rings. The van der Waals surface area contributed by atoms with Gasteiger partial charge in [-0.2, -0.15) is 0 Å². The van der Waals surface area contributed by atoms with Crippen LogP contribution in [0.25, 0.3) is 0 Å². The van der Waals surface area contributed by atoms with Gasteiger partial charge in [-0.15, -0.1) is 0 Å². The van der Waals surface area contributed by atoms with Crippen LogP contribution >= 0.6 is 0 Å². The molecule has 1 amide bonds. The van der Waals surface area contributed by atoms with E-state index in [9.17, 15) is 4.79 Å². The molecule has 1 fully saturated rings. The summed E-state index contributed by atoms with van der Waals surface area (Å²) in [5.74, 6) is 0.668. The van der Waals surface area contributed by atoms with E-state index in [1.54, 1.807) is 6.08 Å². The van der Waals surface area contributed by atoms with Gasteiger partial charge in [0.2, 0.25) is 5.91 Å². The second kappa shape index (κ2) is 4.26. The van der Waals surface area contributed by atoms with Gasteiger partial charge in [-0.25, -0.2) is 0 Å². The Bertz CT molecular complexity index is 191. The third-order valence-electron chi connectivity index (χ3n) is 1.85. The number of hydrogen-bond donors (Lipinski definition) is 2. The lowest BCUT2D eigenvalue weighted by molar-refractivity contribution is -0.116. The van der Waals surface area contributed by atoms with Gasteiger partial charge in [0.05, 0.1) is 0 Å². The molecule has 12 heavy (non-hydrogen) atoms. The number of hydrogen-bond acceptors (Lipinski definition) is 2. The lowest BCUT2D eigenvalue weighted by atomic mass is 10.0. The lowest BCUT2D eigenvalue weighted by Gasteiger charge is -2.26. The maximum atomic E-state index is 11.1. The van der Waals surface area contributed by atoms with Crippen molar-refractivity contribution in [1.82, 2.24) is 10.6 Å². The molecule has 0 aromatic rings. The fourth-order valence-corrected chi connectivity index (χ4v) is 1.05. The Morgan fingerprint density at radius 3 is 2.67 bits per heavy atom. The molecule has 0 spiro atoms. The van der Waals surface area contributed by atoms with E-state index < -0.39 is 0 Å². The summed E-state index contributed by atoms with van der Waals surface area (Å²) in [5, 5.41) is 6.02. The van der Waals surface area contributed by atoms with E-state index in [0.717, 1.165) is 25.2 Å². The fraction of sp³-hybridized carbons (Fsp3) is 0.667. The predicted octanol–water partition coefficient (Wildman–Crippen LogP) is 0.288. The molecule has 0 aliphatic carbocycles. The number of amides is 1. The van der Waals surface area contributed by atoms with Crippen LogP contribution in [-0.2, 0) is 4.79 Å². The van der Waals surface area contributed by atoms with Crippen molar-refractivity contribution in [2.75, 3.05) is 19.6 Å². The number of carbonyl (C=O) groups excluding carboxylic acids is 1. The van der Waals surface area contributed by atoms with Crippen molar-refractivity contribution in [1.29, 1.82) is 0 Å². The molecule has 3 heteroatoms. The van der Waals surface area contributed by atoms with Crippen molar-refractivity contribution in [3.05, 3.63) is 11.6 Å². The quantitative estimate of drug-likeness (QED) is 0.595. The summed E-state index contributed by atoms with van der Waals surface area (Å²) in [6.45, 7) is 6.72. The lowest BCUT2D eigenvalue weighted by Crippen LogP contribution is -2.47. The highest BCUT2D eigenvalue weighted by atomic mass is 16.1. The fourth-order valence-electron chi connectivity index (χ4n) is 1.05. The van der Waals surface area contributed by atoms with Gasteiger partial charge in [0.25, 0.3) is 0 Å². The number of allylic oxidation sites excluding steroid dienone is 1. The Labute approximate surface area is 73.2 Å². The van der Waals surface area contributed by atoms with Crippen molar-refractivity contribution in [2.45, 2.75) is 13.8 Å². The van der Waals surface area contributed by atoms with Crippen LogP contribution in [0.15, 0.2) is 11.6 Å². The van der Waals surface area contributed by atoms with Gasteiger partial charge in [0, 0.05) is 31.6 Å². The van der Waals surface area contributed by atoms with Gasteiger partial charge < -0.3 is 10.6 Å². The number of rotatable bonds is 3. The zero-order valence-electron chi connectivity index (χ0n) is 7.68. The Balaban J connectivity index is 2.13. The van der Waals surface area contributed by atoms with E-state index in [0.29, 0.717) is 5.92 Å². The van der Waals surface area contributed by atoms with Crippen LogP contribution in [0.2, 0.25) is 0 Å². The molecule has 0 atom stereocenters. The first-order chi connectivity index (χ1) is 5.68. The minimum absolute atomic E-state index is 0.0295. The van der Waals surface area contributed by atoms with E-state index in [1.165, 1.54) is 0 Å². The Morgan fingerprint density at radius 1 is 1.58 bits per heavy atom. The van der Waals surface area contributed by atoms with Gasteiger partial charge in [0.15, 0.2) is 0 Å². The van der Waals surface area contributed by atoms with E-state index in [1.807, 2.05) is 13.8 Å². The molecule has 1 aliphatic heterocycles. The smallest absolute Gasteiger partial charge is 0.243 e. The third-order valence-corrected chi connectivity index (χ3v) is 1.85. The average Bonchev–Trinajstić information content (AvgIpc) is 1.81. The maximum absolute atomic E-state index is 11.1. The summed E-state index contributed by atoms with van der Waals surface area (Å²) < 4.78 is 0. The molecule has 1 saturated heterocycles. The Hall–Kier alpha value is -0.830. The van der Waals surface area contributed by atoms with Crippen molar-refractivity contribution < 1.29 is 4.79 Å². The molecule has 68 valence electrons. The molecule has 0 radical (unpaired) electrons. The standard InChI is InChI=1S/C9H16N2O/c1-7(2)3-9(12)11-6-8-4-10-5-8/h3,8,10H,4-6H2,1-2H3,(H,11,12). The van der Waals surface area contributed by atoms with E-state index in [-0.39, 0.29) is 5.91 Å². The molecule has 2 N–H and O–H groups in total. The molecule has 3 nitrogen and oxygen atoms in total. The van der Waals surface area contributed by atoms with Gasteiger partial charge >= 0.3 is 0 Å². The highest BCUT2D eigenvalue weighted by Gasteiger charge is 2.16. The molecular formula is C9H16N2O. The van der Waals surface area contributed by atoms with Crippen LogP contribution in [-0.4, -0.2) is 25.5 Å². The first-order valence-corrected chi connectivity index (χ1v) is 4.32. The minimum Gasteiger partial charge on any atom is -0.352 e. The van der Waals surface area contributed by atoms with Crippen LogP contribution in [0.1, 0.15) is 13.8 Å². The van der Waals surface area contributed by atoms with Crippen LogP contribution in [0, 0.1) is 5.92 Å². The summed E-state index contributed by atoms with van der Waals surface area (Å²) in [4.78, 5) is 11.1. The summed E-state index contributed by atoms with van der Waals surface area (Å²) in [6, 6.07) is 0. The minimum atomic E-state index is 0.0295.